The maximum Gasteiger partial charge on any atom is 0.445 e. The fourth-order valence-electron chi connectivity index (χ4n) is 3.11. The molecule has 8 nitrogen and oxygen atoms in total. The van der Waals surface area contributed by atoms with Crippen molar-refractivity contribution in [1.82, 2.24) is 15.2 Å². The molecule has 0 atom stereocenters. The minimum atomic E-state index is -4.58. The number of aromatic nitrogens is 3. The normalized spacial score (nSPS) is 11.3. The van der Waals surface area contributed by atoms with Gasteiger partial charge in [-0.2, -0.15) is 18.4 Å². The molecule has 0 aliphatic heterocycles. The van der Waals surface area contributed by atoms with Crippen LogP contribution in [0.3, 0.4) is 0 Å². The highest BCUT2D eigenvalue weighted by molar-refractivity contribution is 7.15. The molecule has 2 heterocycles. The highest BCUT2D eigenvalue weighted by Crippen LogP contribution is 2.38. The van der Waals surface area contributed by atoms with E-state index >= 15 is 0 Å². The van der Waals surface area contributed by atoms with Gasteiger partial charge in [-0.3, -0.25) is 4.98 Å². The van der Waals surface area contributed by atoms with E-state index in [0.29, 0.717) is 57.3 Å². The molecule has 2 aromatic carbocycles. The number of halogens is 4. The Morgan fingerprint density at radius 2 is 2.00 bits per heavy atom. The predicted molar refractivity (Wildman–Crippen MR) is 125 cm³/mol. The van der Waals surface area contributed by atoms with Gasteiger partial charge in [-0.1, -0.05) is 22.9 Å². The predicted octanol–water partition coefficient (Wildman–Crippen LogP) is 6.10. The van der Waals surface area contributed by atoms with Gasteiger partial charge in [0.05, 0.1) is 34.1 Å². The number of rotatable bonds is 6. The van der Waals surface area contributed by atoms with Crippen LogP contribution in [0.15, 0.2) is 36.5 Å². The van der Waals surface area contributed by atoms with Crippen molar-refractivity contribution >= 4 is 61.7 Å². The van der Waals surface area contributed by atoms with Gasteiger partial charge < -0.3 is 21.1 Å². The van der Waals surface area contributed by atoms with Crippen molar-refractivity contribution in [2.75, 3.05) is 23.0 Å². The Hall–Kier alpha value is -3.82. The Kier molecular flexibility index (Phi) is 6.32. The van der Waals surface area contributed by atoms with Gasteiger partial charge in [0.15, 0.2) is 0 Å². The topological polar surface area (TPSA) is 122 Å². The van der Waals surface area contributed by atoms with E-state index in [1.54, 1.807) is 30.3 Å². The van der Waals surface area contributed by atoms with Crippen LogP contribution in [0.25, 0.3) is 10.9 Å². The molecule has 0 bridgehead atoms. The smallest absolute Gasteiger partial charge is 0.445 e. The van der Waals surface area contributed by atoms with Crippen molar-refractivity contribution in [3.05, 3.63) is 52.1 Å². The summed E-state index contributed by atoms with van der Waals surface area (Å²) in [6, 6.07) is 10.3. The molecule has 0 aliphatic rings. The zero-order chi connectivity index (χ0) is 24.5. The number of nitriles is 1. The number of pyridine rings is 1. The Morgan fingerprint density at radius 3 is 2.65 bits per heavy atom. The molecule has 0 radical (unpaired) electrons. The van der Waals surface area contributed by atoms with E-state index in [9.17, 15) is 18.4 Å². The molecular formula is C21H15ClF3N7OS. The average Bonchev–Trinajstić information content (AvgIpc) is 3.27. The number of ether oxygens (including phenoxy) is 1. The lowest BCUT2D eigenvalue weighted by atomic mass is 10.1. The maximum absolute atomic E-state index is 12.7. The van der Waals surface area contributed by atoms with Gasteiger partial charge in [-0.25, -0.2) is 0 Å². The molecule has 0 saturated heterocycles. The van der Waals surface area contributed by atoms with Crippen molar-refractivity contribution < 1.29 is 17.9 Å². The van der Waals surface area contributed by atoms with Gasteiger partial charge in [0.2, 0.25) is 10.1 Å². The van der Waals surface area contributed by atoms with E-state index in [1.807, 2.05) is 6.92 Å². The molecule has 4 aromatic rings. The van der Waals surface area contributed by atoms with Gasteiger partial charge in [0.25, 0.3) is 0 Å². The average molecular weight is 506 g/mol. The van der Waals surface area contributed by atoms with Crippen LogP contribution in [-0.4, -0.2) is 21.8 Å². The van der Waals surface area contributed by atoms with Crippen LogP contribution in [0.2, 0.25) is 5.02 Å². The Morgan fingerprint density at radius 1 is 1.21 bits per heavy atom. The summed E-state index contributed by atoms with van der Waals surface area (Å²) < 4.78 is 43.7. The number of nitrogens with one attached hydrogen (secondary N) is 2. The second-order valence-electron chi connectivity index (χ2n) is 6.82. The summed E-state index contributed by atoms with van der Waals surface area (Å²) in [6.07, 6.45) is -3.17. The van der Waals surface area contributed by atoms with Crippen LogP contribution in [0, 0.1) is 11.3 Å². The van der Waals surface area contributed by atoms with Gasteiger partial charge >= 0.3 is 6.18 Å². The Bertz CT molecular complexity index is 1420. The maximum atomic E-state index is 12.7. The van der Waals surface area contributed by atoms with E-state index in [-0.39, 0.29) is 15.7 Å². The first-order valence-electron chi connectivity index (χ1n) is 9.69. The quantitative estimate of drug-likeness (QED) is 0.269. The number of alkyl halides is 3. The standard InChI is InChI=1S/C21H15ClF3N7OS/c1-2-33-15-6-4-12-17(10(8-26)9-28-18(12)16(15)27)29-11-3-5-14(13(22)7-11)30-20-32-31-19(34-20)21(23,24)25/h3-7,9H,2,27H2,1H3,(H,28,29)(H,30,32). The fourth-order valence-corrected chi connectivity index (χ4v) is 3.96. The molecule has 0 amide bonds. The highest BCUT2D eigenvalue weighted by Gasteiger charge is 2.35. The van der Waals surface area contributed by atoms with Crippen molar-refractivity contribution in [3.63, 3.8) is 0 Å². The summed E-state index contributed by atoms with van der Waals surface area (Å²) in [4.78, 5) is 4.30. The van der Waals surface area contributed by atoms with Gasteiger partial charge in [0.1, 0.15) is 17.5 Å². The van der Waals surface area contributed by atoms with E-state index in [2.05, 4.69) is 31.9 Å². The van der Waals surface area contributed by atoms with E-state index in [4.69, 9.17) is 22.1 Å². The molecule has 174 valence electrons. The van der Waals surface area contributed by atoms with Crippen molar-refractivity contribution in [3.8, 4) is 11.8 Å². The largest absolute Gasteiger partial charge is 0.492 e. The summed E-state index contributed by atoms with van der Waals surface area (Å²) in [5.74, 6) is 0.488. The highest BCUT2D eigenvalue weighted by atomic mass is 35.5. The number of nitrogens with two attached hydrogens (primary N) is 1. The fraction of sp³-hybridized carbons (Fsp3) is 0.143. The van der Waals surface area contributed by atoms with E-state index in [1.165, 1.54) is 6.20 Å². The zero-order valence-corrected chi connectivity index (χ0v) is 18.9. The lowest BCUT2D eigenvalue weighted by molar-refractivity contribution is -0.138. The molecule has 4 rings (SSSR count). The number of anilines is 5. The third-order valence-corrected chi connectivity index (χ3v) is 5.80. The van der Waals surface area contributed by atoms with Crippen LogP contribution in [0.1, 0.15) is 17.5 Å². The van der Waals surface area contributed by atoms with Crippen LogP contribution in [-0.2, 0) is 6.18 Å². The first-order valence-corrected chi connectivity index (χ1v) is 10.9. The summed E-state index contributed by atoms with van der Waals surface area (Å²) in [6.45, 7) is 2.27. The molecule has 0 aliphatic carbocycles. The number of hydrogen-bond donors (Lipinski definition) is 3. The minimum Gasteiger partial charge on any atom is -0.492 e. The summed E-state index contributed by atoms with van der Waals surface area (Å²) in [5.41, 5.74) is 8.62. The number of hydrogen-bond acceptors (Lipinski definition) is 9. The van der Waals surface area contributed by atoms with Crippen molar-refractivity contribution in [2.45, 2.75) is 13.1 Å². The lowest BCUT2D eigenvalue weighted by Gasteiger charge is -2.15. The summed E-state index contributed by atoms with van der Waals surface area (Å²) in [5, 5.41) is 21.8. The summed E-state index contributed by atoms with van der Waals surface area (Å²) in [7, 11) is 0. The third-order valence-electron chi connectivity index (χ3n) is 4.61. The lowest BCUT2D eigenvalue weighted by Crippen LogP contribution is -2.03. The minimum absolute atomic E-state index is 0.0533. The second-order valence-corrected chi connectivity index (χ2v) is 8.20. The van der Waals surface area contributed by atoms with E-state index in [0.717, 1.165) is 0 Å². The SMILES string of the molecule is CCOc1ccc2c(Nc3ccc(Nc4nnc(C(F)(F)F)s4)c(Cl)c3)c(C#N)cnc2c1N. The number of nitrogens with zero attached hydrogens (tertiary/aromatic N) is 4. The number of fused-ring (bicyclic) bond motifs is 1. The Balaban J connectivity index is 1.64. The number of nitrogen functional groups attached to an aromatic ring is 1. The molecule has 0 saturated carbocycles. The molecule has 0 unspecified atom stereocenters. The molecule has 2 aromatic heterocycles. The second kappa shape index (κ2) is 9.20. The van der Waals surface area contributed by atoms with Crippen LogP contribution >= 0.6 is 22.9 Å². The molecule has 34 heavy (non-hydrogen) atoms. The molecule has 0 spiro atoms. The van der Waals surface area contributed by atoms with E-state index < -0.39 is 11.2 Å². The number of benzene rings is 2. The molecule has 13 heteroatoms. The van der Waals surface area contributed by atoms with Crippen LogP contribution in [0.5, 0.6) is 5.75 Å². The van der Waals surface area contributed by atoms with Crippen LogP contribution < -0.4 is 21.1 Å². The van der Waals surface area contributed by atoms with Crippen molar-refractivity contribution in [1.29, 1.82) is 5.26 Å². The van der Waals surface area contributed by atoms with Crippen LogP contribution in [0.4, 0.5) is 41.1 Å². The van der Waals surface area contributed by atoms with Gasteiger partial charge in [0, 0.05) is 17.3 Å². The Labute approximate surface area is 200 Å². The monoisotopic (exact) mass is 505 g/mol. The molecule has 4 N–H and O–H groups in total. The first kappa shape index (κ1) is 23.3. The van der Waals surface area contributed by atoms with Gasteiger partial charge in [-0.05, 0) is 37.3 Å². The zero-order valence-electron chi connectivity index (χ0n) is 17.4. The van der Waals surface area contributed by atoms with Crippen molar-refractivity contribution in [2.24, 2.45) is 0 Å². The third kappa shape index (κ3) is 4.61. The molecular weight excluding hydrogens is 491 g/mol. The molecule has 0 fully saturated rings. The summed E-state index contributed by atoms with van der Waals surface area (Å²) >= 11 is 6.70. The van der Waals surface area contributed by atoms with Gasteiger partial charge in [-0.15, -0.1) is 10.2 Å². The first-order chi connectivity index (χ1) is 16.2.